The fraction of sp³-hybridized carbons (Fsp3) is 0.400. The van der Waals surface area contributed by atoms with Crippen LogP contribution in [0.5, 0.6) is 0 Å². The van der Waals surface area contributed by atoms with E-state index in [2.05, 4.69) is 20.4 Å². The van der Waals surface area contributed by atoms with Gasteiger partial charge in [0.1, 0.15) is 0 Å². The molecule has 21 heavy (non-hydrogen) atoms. The van der Waals surface area contributed by atoms with Crippen molar-refractivity contribution in [2.45, 2.75) is 0 Å². The average molecular weight is 286 g/mol. The summed E-state index contributed by atoms with van der Waals surface area (Å²) in [7, 11) is 0. The van der Waals surface area contributed by atoms with E-state index in [1.165, 1.54) is 0 Å². The number of rotatable bonds is 4. The summed E-state index contributed by atoms with van der Waals surface area (Å²) in [5.74, 6) is -0.179. The Kier molecular flexibility index (Phi) is 4.37. The second-order valence-corrected chi connectivity index (χ2v) is 5.00. The predicted molar refractivity (Wildman–Crippen MR) is 79.1 cm³/mol. The van der Waals surface area contributed by atoms with Gasteiger partial charge in [-0.15, -0.1) is 10.2 Å². The second kappa shape index (κ2) is 6.60. The summed E-state index contributed by atoms with van der Waals surface area (Å²) >= 11 is 0. The van der Waals surface area contributed by atoms with Crippen LogP contribution >= 0.6 is 0 Å². The first-order chi connectivity index (χ1) is 10.3. The monoisotopic (exact) mass is 286 g/mol. The molecule has 0 atom stereocenters. The van der Waals surface area contributed by atoms with Crippen molar-refractivity contribution in [3.8, 4) is 0 Å². The van der Waals surface area contributed by atoms with Crippen LogP contribution in [-0.2, 0) is 4.74 Å². The highest BCUT2D eigenvalue weighted by Gasteiger charge is 2.12. The molecule has 0 saturated carbocycles. The smallest absolute Gasteiger partial charge is 0.271 e. The molecule has 1 aromatic heterocycles. The van der Waals surface area contributed by atoms with E-state index in [1.807, 2.05) is 24.3 Å². The van der Waals surface area contributed by atoms with Crippen molar-refractivity contribution in [3.05, 3.63) is 36.0 Å². The first-order valence-electron chi connectivity index (χ1n) is 7.14. The average Bonchev–Trinajstić information content (AvgIpc) is 2.55. The van der Waals surface area contributed by atoms with Crippen LogP contribution in [0.4, 0.5) is 0 Å². The van der Waals surface area contributed by atoms with Gasteiger partial charge < -0.3 is 10.1 Å². The quantitative estimate of drug-likeness (QED) is 0.896. The summed E-state index contributed by atoms with van der Waals surface area (Å²) in [5, 5.41) is 11.8. The molecule has 110 valence electrons. The van der Waals surface area contributed by atoms with Crippen LogP contribution in [0, 0.1) is 0 Å². The van der Waals surface area contributed by atoms with Gasteiger partial charge in [0.25, 0.3) is 5.91 Å². The molecule has 1 fully saturated rings. The minimum atomic E-state index is -0.179. The molecule has 6 nitrogen and oxygen atoms in total. The number of amides is 1. The van der Waals surface area contributed by atoms with Crippen LogP contribution < -0.4 is 5.32 Å². The zero-order chi connectivity index (χ0) is 14.5. The van der Waals surface area contributed by atoms with Gasteiger partial charge in [-0.05, 0) is 12.1 Å². The number of ether oxygens (including phenoxy) is 1. The Balaban J connectivity index is 1.56. The van der Waals surface area contributed by atoms with E-state index in [0.717, 1.165) is 43.8 Å². The molecule has 1 aromatic carbocycles. The van der Waals surface area contributed by atoms with Crippen molar-refractivity contribution in [3.63, 3.8) is 0 Å². The summed E-state index contributed by atoms with van der Waals surface area (Å²) in [6.07, 6.45) is 0. The van der Waals surface area contributed by atoms with Crippen molar-refractivity contribution in [1.82, 2.24) is 20.4 Å². The van der Waals surface area contributed by atoms with Gasteiger partial charge >= 0.3 is 0 Å². The van der Waals surface area contributed by atoms with Gasteiger partial charge in [-0.25, -0.2) is 0 Å². The van der Waals surface area contributed by atoms with Gasteiger partial charge in [-0.1, -0.05) is 18.2 Å². The van der Waals surface area contributed by atoms with Crippen LogP contribution in [0.25, 0.3) is 10.9 Å². The maximum absolute atomic E-state index is 12.1. The van der Waals surface area contributed by atoms with Crippen molar-refractivity contribution < 1.29 is 9.53 Å². The fourth-order valence-corrected chi connectivity index (χ4v) is 2.34. The largest absolute Gasteiger partial charge is 0.379 e. The topological polar surface area (TPSA) is 67.4 Å². The lowest BCUT2D eigenvalue weighted by Crippen LogP contribution is -2.41. The molecule has 0 radical (unpaired) electrons. The second-order valence-electron chi connectivity index (χ2n) is 5.00. The van der Waals surface area contributed by atoms with Gasteiger partial charge in [0.15, 0.2) is 5.69 Å². The van der Waals surface area contributed by atoms with E-state index in [0.29, 0.717) is 12.2 Å². The van der Waals surface area contributed by atoms with E-state index in [-0.39, 0.29) is 5.91 Å². The van der Waals surface area contributed by atoms with Crippen LogP contribution in [0.15, 0.2) is 30.3 Å². The number of morpholine rings is 1. The minimum Gasteiger partial charge on any atom is -0.379 e. The van der Waals surface area contributed by atoms with Crippen molar-refractivity contribution >= 4 is 16.8 Å². The minimum absolute atomic E-state index is 0.179. The summed E-state index contributed by atoms with van der Waals surface area (Å²) < 4.78 is 5.29. The molecule has 1 aliphatic rings. The van der Waals surface area contributed by atoms with E-state index in [4.69, 9.17) is 4.74 Å². The highest BCUT2D eigenvalue weighted by Crippen LogP contribution is 2.10. The molecule has 3 rings (SSSR count). The number of nitrogens with zero attached hydrogens (tertiary/aromatic N) is 3. The van der Waals surface area contributed by atoms with E-state index in [1.54, 1.807) is 6.07 Å². The number of fused-ring (bicyclic) bond motifs is 1. The Bertz CT molecular complexity index is 626. The maximum atomic E-state index is 12.1. The number of hydrogen-bond acceptors (Lipinski definition) is 5. The molecule has 1 saturated heterocycles. The third kappa shape index (κ3) is 3.53. The number of aromatic nitrogens is 2. The summed E-state index contributed by atoms with van der Waals surface area (Å²) in [6, 6.07) is 9.40. The summed E-state index contributed by atoms with van der Waals surface area (Å²) in [5.41, 5.74) is 1.15. The lowest BCUT2D eigenvalue weighted by Gasteiger charge is -2.26. The molecule has 1 amide bonds. The van der Waals surface area contributed by atoms with Crippen LogP contribution in [0.3, 0.4) is 0 Å². The van der Waals surface area contributed by atoms with E-state index >= 15 is 0 Å². The molecule has 0 unspecified atom stereocenters. The molecular weight excluding hydrogens is 268 g/mol. The first kappa shape index (κ1) is 13.9. The molecule has 6 heteroatoms. The zero-order valence-electron chi connectivity index (χ0n) is 11.8. The number of carbonyl (C=O) groups excluding carboxylic acids is 1. The summed E-state index contributed by atoms with van der Waals surface area (Å²) in [4.78, 5) is 14.3. The van der Waals surface area contributed by atoms with Gasteiger partial charge in [-0.2, -0.15) is 0 Å². The third-order valence-electron chi connectivity index (χ3n) is 3.54. The Morgan fingerprint density at radius 3 is 2.90 bits per heavy atom. The molecular formula is C15H18N4O2. The third-order valence-corrected chi connectivity index (χ3v) is 3.54. The van der Waals surface area contributed by atoms with E-state index in [9.17, 15) is 4.79 Å². The van der Waals surface area contributed by atoms with Crippen molar-refractivity contribution in [1.29, 1.82) is 0 Å². The van der Waals surface area contributed by atoms with Crippen LogP contribution in [-0.4, -0.2) is 60.4 Å². The van der Waals surface area contributed by atoms with Gasteiger partial charge in [0.05, 0.1) is 18.7 Å². The van der Waals surface area contributed by atoms with Crippen LogP contribution in [0.2, 0.25) is 0 Å². The molecule has 1 N–H and O–H groups in total. The normalized spacial score (nSPS) is 16.0. The molecule has 2 heterocycles. The van der Waals surface area contributed by atoms with Crippen molar-refractivity contribution in [2.24, 2.45) is 0 Å². The molecule has 0 aliphatic carbocycles. The predicted octanol–water partition coefficient (Wildman–Crippen LogP) is 0.692. The number of benzene rings is 1. The van der Waals surface area contributed by atoms with E-state index < -0.39 is 0 Å². The Labute approximate surface area is 123 Å². The molecule has 2 aromatic rings. The lowest BCUT2D eigenvalue weighted by molar-refractivity contribution is 0.0383. The molecule has 0 bridgehead atoms. The Hall–Kier alpha value is -2.05. The fourth-order valence-electron chi connectivity index (χ4n) is 2.34. The van der Waals surface area contributed by atoms with Gasteiger partial charge in [0.2, 0.25) is 0 Å². The Morgan fingerprint density at radius 1 is 1.24 bits per heavy atom. The highest BCUT2D eigenvalue weighted by atomic mass is 16.5. The number of nitrogens with one attached hydrogen (secondary N) is 1. The molecule has 1 aliphatic heterocycles. The maximum Gasteiger partial charge on any atom is 0.271 e. The van der Waals surface area contributed by atoms with Crippen LogP contribution in [0.1, 0.15) is 10.5 Å². The standard InChI is InChI=1S/C15H18N4O2/c20-15(16-5-6-19-7-9-21-10-8-19)14-11-12-3-1-2-4-13(12)17-18-14/h1-4,11H,5-10H2,(H,16,20). The Morgan fingerprint density at radius 2 is 2.05 bits per heavy atom. The summed E-state index contributed by atoms with van der Waals surface area (Å²) in [6.45, 7) is 4.81. The first-order valence-corrected chi connectivity index (χ1v) is 7.14. The zero-order valence-corrected chi connectivity index (χ0v) is 11.8. The number of carbonyl (C=O) groups is 1. The highest BCUT2D eigenvalue weighted by molar-refractivity contribution is 5.95. The molecule has 0 spiro atoms. The lowest BCUT2D eigenvalue weighted by atomic mass is 10.2. The SMILES string of the molecule is O=C(NCCN1CCOCC1)c1cc2ccccc2nn1. The van der Waals surface area contributed by atoms with Crippen molar-refractivity contribution in [2.75, 3.05) is 39.4 Å². The number of hydrogen-bond donors (Lipinski definition) is 1. The van der Waals surface area contributed by atoms with Gasteiger partial charge in [0, 0.05) is 31.6 Å². The van der Waals surface area contributed by atoms with Gasteiger partial charge in [-0.3, -0.25) is 9.69 Å².